The number of fused-ring (bicyclic) bond motifs is 2. The Labute approximate surface area is 130 Å². The van der Waals surface area contributed by atoms with Crippen molar-refractivity contribution < 1.29 is 8.78 Å². The molecule has 1 aliphatic rings. The number of rotatable bonds is 3. The predicted octanol–water partition coefficient (Wildman–Crippen LogP) is 4.18. The molecule has 0 amide bonds. The lowest BCUT2D eigenvalue weighted by molar-refractivity contribution is 0.490. The van der Waals surface area contributed by atoms with Crippen LogP contribution in [0.1, 0.15) is 41.5 Å². The molecule has 2 N–H and O–H groups in total. The van der Waals surface area contributed by atoms with Crippen LogP contribution in [-0.2, 0) is 12.8 Å². The first-order valence-corrected chi connectivity index (χ1v) is 7.85. The molecule has 3 heteroatoms. The van der Waals surface area contributed by atoms with E-state index in [1.54, 1.807) is 0 Å². The van der Waals surface area contributed by atoms with Gasteiger partial charge in [0, 0.05) is 5.92 Å². The van der Waals surface area contributed by atoms with Crippen LogP contribution < -0.4 is 5.73 Å². The molecular formula is C19H21F2N. The highest BCUT2D eigenvalue weighted by molar-refractivity contribution is 5.45. The van der Waals surface area contributed by atoms with Crippen LogP contribution in [0.15, 0.2) is 36.4 Å². The first kappa shape index (κ1) is 15.2. The Morgan fingerprint density at radius 3 is 2.50 bits per heavy atom. The molecule has 0 heterocycles. The fourth-order valence-electron chi connectivity index (χ4n) is 3.44. The van der Waals surface area contributed by atoms with Crippen LogP contribution in [-0.4, -0.2) is 6.54 Å². The number of hydrogen-bond donors (Lipinski definition) is 1. The summed E-state index contributed by atoms with van der Waals surface area (Å²) in [5.41, 5.74) is 10.1. The van der Waals surface area contributed by atoms with Crippen molar-refractivity contribution in [2.45, 2.75) is 32.1 Å². The molecule has 2 aromatic rings. The highest BCUT2D eigenvalue weighted by Gasteiger charge is 2.26. The molecule has 2 atom stereocenters. The Hall–Kier alpha value is -1.74. The Morgan fingerprint density at radius 1 is 1.05 bits per heavy atom. The smallest absolute Gasteiger partial charge is 0.159 e. The minimum atomic E-state index is -0.761. The van der Waals surface area contributed by atoms with E-state index in [0.717, 1.165) is 30.4 Å². The quantitative estimate of drug-likeness (QED) is 0.904. The van der Waals surface area contributed by atoms with E-state index in [1.807, 2.05) is 12.1 Å². The maximum Gasteiger partial charge on any atom is 0.159 e. The Bertz CT molecular complexity index is 681. The highest BCUT2D eigenvalue weighted by atomic mass is 19.2. The van der Waals surface area contributed by atoms with Gasteiger partial charge in [-0.2, -0.15) is 0 Å². The van der Waals surface area contributed by atoms with Crippen LogP contribution in [0.2, 0.25) is 0 Å². The standard InChI is InChI=1S/C19H21F2N/c1-12(11-22)8-17-15-5-3-2-4-13(15)6-7-14-9-18(20)19(21)10-16(14)17/h2-5,9-10,12,17H,6-8,11,22H2,1H3. The Kier molecular flexibility index (Phi) is 4.25. The summed E-state index contributed by atoms with van der Waals surface area (Å²) >= 11 is 0. The van der Waals surface area contributed by atoms with Crippen LogP contribution in [0.5, 0.6) is 0 Å². The van der Waals surface area contributed by atoms with Gasteiger partial charge in [-0.05, 0) is 66.1 Å². The van der Waals surface area contributed by atoms with Gasteiger partial charge in [0.25, 0.3) is 0 Å². The minimum Gasteiger partial charge on any atom is -0.330 e. The van der Waals surface area contributed by atoms with Crippen molar-refractivity contribution in [2.24, 2.45) is 11.7 Å². The average Bonchev–Trinajstić information content (AvgIpc) is 2.66. The number of benzene rings is 2. The monoisotopic (exact) mass is 301 g/mol. The second-order valence-electron chi connectivity index (χ2n) is 6.29. The third kappa shape index (κ3) is 2.78. The van der Waals surface area contributed by atoms with Gasteiger partial charge in [0.15, 0.2) is 11.6 Å². The van der Waals surface area contributed by atoms with E-state index in [9.17, 15) is 8.78 Å². The van der Waals surface area contributed by atoms with Gasteiger partial charge in [0.1, 0.15) is 0 Å². The van der Waals surface area contributed by atoms with E-state index in [4.69, 9.17) is 5.73 Å². The molecule has 0 fully saturated rings. The van der Waals surface area contributed by atoms with Gasteiger partial charge in [-0.25, -0.2) is 8.78 Å². The van der Waals surface area contributed by atoms with Crippen LogP contribution in [0.25, 0.3) is 0 Å². The van der Waals surface area contributed by atoms with Gasteiger partial charge in [0.2, 0.25) is 0 Å². The lowest BCUT2D eigenvalue weighted by Crippen LogP contribution is -2.16. The molecule has 22 heavy (non-hydrogen) atoms. The van der Waals surface area contributed by atoms with Crippen molar-refractivity contribution in [3.8, 4) is 0 Å². The molecule has 1 nitrogen and oxygen atoms in total. The fraction of sp³-hybridized carbons (Fsp3) is 0.368. The summed E-state index contributed by atoms with van der Waals surface area (Å²) < 4.78 is 27.4. The first-order chi connectivity index (χ1) is 10.6. The molecule has 0 saturated heterocycles. The van der Waals surface area contributed by atoms with Gasteiger partial charge in [-0.1, -0.05) is 31.2 Å². The summed E-state index contributed by atoms with van der Waals surface area (Å²) in [6, 6.07) is 11.0. The normalized spacial score (nSPS) is 18.3. The van der Waals surface area contributed by atoms with Crippen LogP contribution >= 0.6 is 0 Å². The SMILES string of the molecule is CC(CN)CC1c2ccccc2CCc2cc(F)c(F)cc21. The maximum atomic E-state index is 13.8. The van der Waals surface area contributed by atoms with E-state index in [-0.39, 0.29) is 5.92 Å². The highest BCUT2D eigenvalue weighted by Crippen LogP contribution is 2.38. The van der Waals surface area contributed by atoms with Gasteiger partial charge >= 0.3 is 0 Å². The summed E-state index contributed by atoms with van der Waals surface area (Å²) in [6.45, 7) is 2.70. The summed E-state index contributed by atoms with van der Waals surface area (Å²) in [4.78, 5) is 0. The molecule has 0 spiro atoms. The van der Waals surface area contributed by atoms with Crippen molar-refractivity contribution >= 4 is 0 Å². The van der Waals surface area contributed by atoms with Gasteiger partial charge in [-0.3, -0.25) is 0 Å². The third-order valence-electron chi connectivity index (χ3n) is 4.69. The van der Waals surface area contributed by atoms with Crippen molar-refractivity contribution in [3.05, 3.63) is 70.3 Å². The largest absolute Gasteiger partial charge is 0.330 e. The lowest BCUT2D eigenvalue weighted by Gasteiger charge is -2.23. The summed E-state index contributed by atoms with van der Waals surface area (Å²) in [7, 11) is 0. The molecule has 1 aliphatic carbocycles. The third-order valence-corrected chi connectivity index (χ3v) is 4.69. The molecule has 2 unspecified atom stereocenters. The summed E-state index contributed by atoms with van der Waals surface area (Å²) in [6.07, 6.45) is 2.46. The van der Waals surface area contributed by atoms with Gasteiger partial charge in [-0.15, -0.1) is 0 Å². The Morgan fingerprint density at radius 2 is 1.73 bits per heavy atom. The molecule has 0 aliphatic heterocycles. The molecule has 0 aromatic heterocycles. The summed E-state index contributed by atoms with van der Waals surface area (Å²) in [5, 5.41) is 0. The second kappa shape index (κ2) is 6.17. The fourth-order valence-corrected chi connectivity index (χ4v) is 3.44. The average molecular weight is 301 g/mol. The van der Waals surface area contributed by atoms with E-state index >= 15 is 0 Å². The van der Waals surface area contributed by atoms with Crippen LogP contribution in [0, 0.1) is 17.6 Å². The van der Waals surface area contributed by atoms with Crippen molar-refractivity contribution in [3.63, 3.8) is 0 Å². The minimum absolute atomic E-state index is 0.0855. The van der Waals surface area contributed by atoms with Gasteiger partial charge < -0.3 is 5.73 Å². The number of aryl methyl sites for hydroxylation is 2. The van der Waals surface area contributed by atoms with Crippen molar-refractivity contribution in [2.75, 3.05) is 6.54 Å². The number of hydrogen-bond acceptors (Lipinski definition) is 1. The van der Waals surface area contributed by atoms with E-state index in [0.29, 0.717) is 12.5 Å². The van der Waals surface area contributed by atoms with Crippen molar-refractivity contribution in [1.82, 2.24) is 0 Å². The molecule has 0 saturated carbocycles. The molecule has 116 valence electrons. The van der Waals surface area contributed by atoms with E-state index in [1.165, 1.54) is 23.3 Å². The maximum absolute atomic E-state index is 13.8. The zero-order valence-corrected chi connectivity index (χ0v) is 12.8. The van der Waals surface area contributed by atoms with E-state index in [2.05, 4.69) is 19.1 Å². The number of nitrogens with two attached hydrogens (primary N) is 1. The molecule has 2 aromatic carbocycles. The Balaban J connectivity index is 2.14. The molecular weight excluding hydrogens is 280 g/mol. The van der Waals surface area contributed by atoms with Gasteiger partial charge in [0.05, 0.1) is 0 Å². The zero-order valence-electron chi connectivity index (χ0n) is 12.8. The number of halogens is 2. The molecule has 3 rings (SSSR count). The lowest BCUT2D eigenvalue weighted by atomic mass is 9.82. The summed E-state index contributed by atoms with van der Waals surface area (Å²) in [5.74, 6) is -1.10. The van der Waals surface area contributed by atoms with E-state index < -0.39 is 11.6 Å². The van der Waals surface area contributed by atoms with Crippen LogP contribution in [0.4, 0.5) is 8.78 Å². The second-order valence-corrected chi connectivity index (χ2v) is 6.29. The van der Waals surface area contributed by atoms with Crippen molar-refractivity contribution in [1.29, 1.82) is 0 Å². The first-order valence-electron chi connectivity index (χ1n) is 7.85. The van der Waals surface area contributed by atoms with Crippen LogP contribution in [0.3, 0.4) is 0 Å². The predicted molar refractivity (Wildman–Crippen MR) is 84.9 cm³/mol. The molecule has 0 bridgehead atoms. The topological polar surface area (TPSA) is 26.0 Å². The molecule has 0 radical (unpaired) electrons. The zero-order chi connectivity index (χ0) is 15.7.